The van der Waals surface area contributed by atoms with Gasteiger partial charge in [-0.3, -0.25) is 9.78 Å². The summed E-state index contributed by atoms with van der Waals surface area (Å²) in [5.41, 5.74) is 1.95. The second-order valence-corrected chi connectivity index (χ2v) is 4.48. The number of aryl methyl sites for hydroxylation is 1. The fourth-order valence-electron chi connectivity index (χ4n) is 1.81. The SMILES string of the molecule is Cc1cnc(C(=O)Nc2ccn(-c3ccccc3)n2)cn1. The molecule has 3 aromatic rings. The zero-order valence-corrected chi connectivity index (χ0v) is 11.4. The summed E-state index contributed by atoms with van der Waals surface area (Å²) >= 11 is 0. The first-order chi connectivity index (χ1) is 10.2. The zero-order chi connectivity index (χ0) is 14.7. The number of anilines is 1. The summed E-state index contributed by atoms with van der Waals surface area (Å²) in [6.45, 7) is 1.82. The minimum Gasteiger partial charge on any atom is -0.304 e. The molecule has 0 saturated heterocycles. The van der Waals surface area contributed by atoms with Crippen molar-refractivity contribution in [2.75, 3.05) is 5.32 Å². The fourth-order valence-corrected chi connectivity index (χ4v) is 1.81. The van der Waals surface area contributed by atoms with Gasteiger partial charge in [-0.25, -0.2) is 9.67 Å². The summed E-state index contributed by atoms with van der Waals surface area (Å²) in [6.07, 6.45) is 4.78. The molecule has 0 atom stereocenters. The standard InChI is InChI=1S/C15H13N5O/c1-11-9-17-13(10-16-11)15(21)18-14-7-8-20(19-14)12-5-3-2-4-6-12/h2-10H,1H3,(H,18,19,21). The predicted octanol–water partition coefficient (Wildman–Crippen LogP) is 2.22. The zero-order valence-electron chi connectivity index (χ0n) is 11.4. The van der Waals surface area contributed by atoms with Crippen LogP contribution in [0.25, 0.3) is 5.69 Å². The smallest absolute Gasteiger partial charge is 0.277 e. The number of hydrogen-bond donors (Lipinski definition) is 1. The van der Waals surface area contributed by atoms with E-state index in [9.17, 15) is 4.79 Å². The van der Waals surface area contributed by atoms with Gasteiger partial charge in [0.05, 0.1) is 17.6 Å². The molecule has 0 aliphatic rings. The van der Waals surface area contributed by atoms with Crippen LogP contribution < -0.4 is 5.32 Å². The lowest BCUT2D eigenvalue weighted by Gasteiger charge is -2.02. The third-order valence-electron chi connectivity index (χ3n) is 2.86. The largest absolute Gasteiger partial charge is 0.304 e. The molecule has 0 aliphatic carbocycles. The molecule has 104 valence electrons. The van der Waals surface area contributed by atoms with Gasteiger partial charge in [-0.2, -0.15) is 5.10 Å². The molecule has 0 spiro atoms. The van der Waals surface area contributed by atoms with Crippen molar-refractivity contribution in [1.82, 2.24) is 19.7 Å². The summed E-state index contributed by atoms with van der Waals surface area (Å²) in [7, 11) is 0. The molecule has 2 heterocycles. The van der Waals surface area contributed by atoms with Crippen LogP contribution in [0.3, 0.4) is 0 Å². The molecule has 1 N–H and O–H groups in total. The highest BCUT2D eigenvalue weighted by Gasteiger charge is 2.10. The molecular weight excluding hydrogens is 266 g/mol. The van der Waals surface area contributed by atoms with E-state index in [0.29, 0.717) is 5.82 Å². The Morgan fingerprint density at radius 3 is 2.62 bits per heavy atom. The molecule has 2 aromatic heterocycles. The monoisotopic (exact) mass is 279 g/mol. The fraction of sp³-hybridized carbons (Fsp3) is 0.0667. The van der Waals surface area contributed by atoms with E-state index in [1.165, 1.54) is 6.20 Å². The van der Waals surface area contributed by atoms with Crippen LogP contribution in [0.4, 0.5) is 5.82 Å². The van der Waals surface area contributed by atoms with Gasteiger partial charge in [0.25, 0.3) is 5.91 Å². The number of carbonyl (C=O) groups is 1. The Balaban J connectivity index is 1.75. The topological polar surface area (TPSA) is 72.7 Å². The van der Waals surface area contributed by atoms with Gasteiger partial charge in [-0.1, -0.05) is 18.2 Å². The van der Waals surface area contributed by atoms with Crippen LogP contribution >= 0.6 is 0 Å². The maximum Gasteiger partial charge on any atom is 0.277 e. The Bertz CT molecular complexity index is 749. The number of nitrogens with one attached hydrogen (secondary N) is 1. The van der Waals surface area contributed by atoms with Crippen molar-refractivity contribution < 1.29 is 4.79 Å². The molecule has 0 aliphatic heterocycles. The van der Waals surface area contributed by atoms with Gasteiger partial charge in [-0.15, -0.1) is 0 Å². The van der Waals surface area contributed by atoms with Crippen LogP contribution in [-0.2, 0) is 0 Å². The molecule has 6 heteroatoms. The van der Waals surface area contributed by atoms with Crippen molar-refractivity contribution in [1.29, 1.82) is 0 Å². The molecule has 0 saturated carbocycles. The Labute approximate surface area is 121 Å². The Hall–Kier alpha value is -3.02. The molecule has 0 unspecified atom stereocenters. The molecule has 0 radical (unpaired) electrons. The first kappa shape index (κ1) is 13.0. The quantitative estimate of drug-likeness (QED) is 0.798. The van der Waals surface area contributed by atoms with Gasteiger partial charge in [0.15, 0.2) is 5.82 Å². The highest BCUT2D eigenvalue weighted by atomic mass is 16.2. The first-order valence-electron chi connectivity index (χ1n) is 6.43. The van der Waals surface area contributed by atoms with Crippen LogP contribution in [0.5, 0.6) is 0 Å². The summed E-state index contributed by atoms with van der Waals surface area (Å²) < 4.78 is 1.69. The summed E-state index contributed by atoms with van der Waals surface area (Å²) in [5, 5.41) is 6.99. The minimum atomic E-state index is -0.333. The average molecular weight is 279 g/mol. The molecule has 0 bridgehead atoms. The number of benzene rings is 1. The van der Waals surface area contributed by atoms with Crippen molar-refractivity contribution in [3.8, 4) is 5.69 Å². The molecule has 3 rings (SSSR count). The number of nitrogens with zero attached hydrogens (tertiary/aromatic N) is 4. The van der Waals surface area contributed by atoms with Gasteiger partial charge in [0.1, 0.15) is 5.69 Å². The van der Waals surface area contributed by atoms with Gasteiger partial charge in [0.2, 0.25) is 0 Å². The van der Waals surface area contributed by atoms with E-state index < -0.39 is 0 Å². The molecule has 0 fully saturated rings. The van der Waals surface area contributed by atoms with Crippen molar-refractivity contribution >= 4 is 11.7 Å². The lowest BCUT2D eigenvalue weighted by molar-refractivity contribution is 0.102. The van der Waals surface area contributed by atoms with E-state index in [1.54, 1.807) is 23.1 Å². The van der Waals surface area contributed by atoms with E-state index in [2.05, 4.69) is 20.4 Å². The lowest BCUT2D eigenvalue weighted by Crippen LogP contribution is -2.14. The Morgan fingerprint density at radius 2 is 1.90 bits per heavy atom. The first-order valence-corrected chi connectivity index (χ1v) is 6.43. The van der Waals surface area contributed by atoms with Gasteiger partial charge in [0, 0.05) is 18.5 Å². The van der Waals surface area contributed by atoms with Gasteiger partial charge >= 0.3 is 0 Å². The van der Waals surface area contributed by atoms with Crippen molar-refractivity contribution in [3.05, 3.63) is 66.4 Å². The van der Waals surface area contributed by atoms with E-state index in [-0.39, 0.29) is 11.6 Å². The summed E-state index contributed by atoms with van der Waals surface area (Å²) in [6, 6.07) is 11.4. The number of amides is 1. The number of rotatable bonds is 3. The maximum atomic E-state index is 12.0. The summed E-state index contributed by atoms with van der Waals surface area (Å²) in [4.78, 5) is 20.1. The highest BCUT2D eigenvalue weighted by Crippen LogP contribution is 2.10. The lowest BCUT2D eigenvalue weighted by atomic mass is 10.3. The molecule has 1 amide bonds. The van der Waals surface area contributed by atoms with Gasteiger partial charge in [-0.05, 0) is 19.1 Å². The Morgan fingerprint density at radius 1 is 1.10 bits per heavy atom. The third kappa shape index (κ3) is 2.94. The summed E-state index contributed by atoms with van der Waals surface area (Å²) in [5.74, 6) is 0.132. The number of para-hydroxylation sites is 1. The molecule has 1 aromatic carbocycles. The molecule has 21 heavy (non-hydrogen) atoms. The van der Waals surface area contributed by atoms with Crippen LogP contribution in [0.15, 0.2) is 55.0 Å². The van der Waals surface area contributed by atoms with E-state index in [0.717, 1.165) is 11.4 Å². The van der Waals surface area contributed by atoms with E-state index in [4.69, 9.17) is 0 Å². The van der Waals surface area contributed by atoms with Crippen molar-refractivity contribution in [2.45, 2.75) is 6.92 Å². The number of aromatic nitrogens is 4. The Kier molecular flexibility index (Phi) is 3.42. The second-order valence-electron chi connectivity index (χ2n) is 4.48. The maximum absolute atomic E-state index is 12.0. The van der Waals surface area contributed by atoms with Crippen LogP contribution in [0.2, 0.25) is 0 Å². The van der Waals surface area contributed by atoms with E-state index in [1.807, 2.05) is 37.3 Å². The predicted molar refractivity (Wildman–Crippen MR) is 78.3 cm³/mol. The normalized spacial score (nSPS) is 10.3. The third-order valence-corrected chi connectivity index (χ3v) is 2.86. The number of carbonyl (C=O) groups excluding carboxylic acids is 1. The van der Waals surface area contributed by atoms with Crippen LogP contribution in [-0.4, -0.2) is 25.7 Å². The minimum absolute atomic E-state index is 0.259. The van der Waals surface area contributed by atoms with Crippen molar-refractivity contribution in [2.24, 2.45) is 0 Å². The average Bonchev–Trinajstić information content (AvgIpc) is 2.97. The number of hydrogen-bond acceptors (Lipinski definition) is 4. The van der Waals surface area contributed by atoms with Crippen LogP contribution in [0, 0.1) is 6.92 Å². The van der Waals surface area contributed by atoms with E-state index >= 15 is 0 Å². The van der Waals surface area contributed by atoms with Gasteiger partial charge < -0.3 is 5.32 Å². The molecular formula is C15H13N5O. The van der Waals surface area contributed by atoms with Crippen LogP contribution in [0.1, 0.15) is 16.2 Å². The van der Waals surface area contributed by atoms with Crippen molar-refractivity contribution in [3.63, 3.8) is 0 Å². The highest BCUT2D eigenvalue weighted by molar-refractivity contribution is 6.02. The molecule has 6 nitrogen and oxygen atoms in total. The second kappa shape index (κ2) is 5.54.